The van der Waals surface area contributed by atoms with Crippen LogP contribution in [0.2, 0.25) is 15.1 Å². The van der Waals surface area contributed by atoms with E-state index in [1.807, 2.05) is 0 Å². The first kappa shape index (κ1) is 16.6. The SMILES string of the molecule is O=C(COC(=O)c1ccc(Cl)cc1)Nc1cc(Cl)ccc1Cl. The second kappa shape index (κ2) is 7.49. The second-order valence-corrected chi connectivity index (χ2v) is 5.54. The summed E-state index contributed by atoms with van der Waals surface area (Å²) in [6.07, 6.45) is 0. The highest BCUT2D eigenvalue weighted by atomic mass is 35.5. The zero-order chi connectivity index (χ0) is 16.1. The Labute approximate surface area is 141 Å². The topological polar surface area (TPSA) is 55.4 Å². The highest BCUT2D eigenvalue weighted by Crippen LogP contribution is 2.25. The van der Waals surface area contributed by atoms with Gasteiger partial charge in [-0.2, -0.15) is 0 Å². The molecular formula is C15H10Cl3NO3. The fourth-order valence-corrected chi connectivity index (χ4v) is 2.04. The van der Waals surface area contributed by atoms with Crippen LogP contribution in [0.1, 0.15) is 10.4 Å². The molecule has 2 aromatic carbocycles. The van der Waals surface area contributed by atoms with E-state index < -0.39 is 18.5 Å². The molecule has 0 radical (unpaired) electrons. The van der Waals surface area contributed by atoms with E-state index in [0.29, 0.717) is 26.3 Å². The quantitative estimate of drug-likeness (QED) is 0.822. The van der Waals surface area contributed by atoms with Gasteiger partial charge in [0.1, 0.15) is 0 Å². The van der Waals surface area contributed by atoms with E-state index in [9.17, 15) is 9.59 Å². The molecule has 0 spiro atoms. The van der Waals surface area contributed by atoms with Crippen LogP contribution in [0.3, 0.4) is 0 Å². The molecule has 0 aromatic heterocycles. The van der Waals surface area contributed by atoms with Crippen LogP contribution in [0.5, 0.6) is 0 Å². The van der Waals surface area contributed by atoms with E-state index in [1.54, 1.807) is 24.3 Å². The molecular weight excluding hydrogens is 349 g/mol. The molecule has 1 amide bonds. The van der Waals surface area contributed by atoms with E-state index in [4.69, 9.17) is 39.5 Å². The maximum absolute atomic E-state index is 11.8. The van der Waals surface area contributed by atoms with E-state index in [1.165, 1.54) is 18.2 Å². The van der Waals surface area contributed by atoms with Crippen LogP contribution >= 0.6 is 34.8 Å². The molecule has 4 nitrogen and oxygen atoms in total. The molecule has 0 atom stereocenters. The number of carbonyl (C=O) groups is 2. The molecule has 0 bridgehead atoms. The largest absolute Gasteiger partial charge is 0.452 e. The molecule has 0 aliphatic carbocycles. The van der Waals surface area contributed by atoms with Crippen molar-refractivity contribution in [1.29, 1.82) is 0 Å². The fraction of sp³-hybridized carbons (Fsp3) is 0.0667. The highest BCUT2D eigenvalue weighted by Gasteiger charge is 2.11. The summed E-state index contributed by atoms with van der Waals surface area (Å²) in [5.74, 6) is -1.14. The molecule has 0 aliphatic rings. The van der Waals surface area contributed by atoms with Crippen molar-refractivity contribution in [3.8, 4) is 0 Å². The van der Waals surface area contributed by atoms with Gasteiger partial charge in [0.25, 0.3) is 5.91 Å². The van der Waals surface area contributed by atoms with Gasteiger partial charge in [0.05, 0.1) is 16.3 Å². The van der Waals surface area contributed by atoms with Gasteiger partial charge in [0, 0.05) is 10.0 Å². The predicted molar refractivity (Wildman–Crippen MR) is 86.8 cm³/mol. The van der Waals surface area contributed by atoms with Crippen LogP contribution in [0.4, 0.5) is 5.69 Å². The number of rotatable bonds is 4. The van der Waals surface area contributed by atoms with Crippen molar-refractivity contribution in [3.63, 3.8) is 0 Å². The summed E-state index contributed by atoms with van der Waals surface area (Å²) < 4.78 is 4.90. The fourth-order valence-electron chi connectivity index (χ4n) is 1.58. The Morgan fingerprint density at radius 3 is 2.27 bits per heavy atom. The Morgan fingerprint density at radius 2 is 1.59 bits per heavy atom. The summed E-state index contributed by atoms with van der Waals surface area (Å²) in [6.45, 7) is -0.440. The number of carbonyl (C=O) groups excluding carboxylic acids is 2. The Hall–Kier alpha value is -1.75. The number of ether oxygens (including phenoxy) is 1. The first-order valence-corrected chi connectivity index (χ1v) is 7.26. The molecule has 0 aliphatic heterocycles. The summed E-state index contributed by atoms with van der Waals surface area (Å²) in [6, 6.07) is 10.8. The van der Waals surface area contributed by atoms with Crippen LogP contribution in [-0.2, 0) is 9.53 Å². The molecule has 0 heterocycles. The maximum Gasteiger partial charge on any atom is 0.338 e. The number of anilines is 1. The number of hydrogen-bond donors (Lipinski definition) is 1. The Kier molecular flexibility index (Phi) is 5.66. The van der Waals surface area contributed by atoms with Gasteiger partial charge in [-0.25, -0.2) is 4.79 Å². The molecule has 0 saturated carbocycles. The first-order valence-electron chi connectivity index (χ1n) is 6.13. The lowest BCUT2D eigenvalue weighted by molar-refractivity contribution is -0.119. The molecule has 0 fully saturated rings. The number of benzene rings is 2. The summed E-state index contributed by atoms with van der Waals surface area (Å²) in [5.41, 5.74) is 0.652. The van der Waals surface area contributed by atoms with E-state index in [2.05, 4.69) is 5.32 Å². The number of nitrogens with one attached hydrogen (secondary N) is 1. The smallest absolute Gasteiger partial charge is 0.338 e. The van der Waals surface area contributed by atoms with Crippen molar-refractivity contribution >= 4 is 52.4 Å². The van der Waals surface area contributed by atoms with Gasteiger partial charge in [0.2, 0.25) is 0 Å². The van der Waals surface area contributed by atoms with Gasteiger partial charge in [-0.1, -0.05) is 34.8 Å². The van der Waals surface area contributed by atoms with Crippen molar-refractivity contribution in [2.24, 2.45) is 0 Å². The number of esters is 1. The Bertz CT molecular complexity index is 702. The van der Waals surface area contributed by atoms with Crippen molar-refractivity contribution in [2.75, 3.05) is 11.9 Å². The molecule has 22 heavy (non-hydrogen) atoms. The second-order valence-electron chi connectivity index (χ2n) is 4.26. The van der Waals surface area contributed by atoms with Crippen LogP contribution in [0.25, 0.3) is 0 Å². The van der Waals surface area contributed by atoms with Crippen LogP contribution < -0.4 is 5.32 Å². The van der Waals surface area contributed by atoms with Gasteiger partial charge in [-0.05, 0) is 42.5 Å². The minimum Gasteiger partial charge on any atom is -0.452 e. The Balaban J connectivity index is 1.91. The van der Waals surface area contributed by atoms with E-state index in [0.717, 1.165) is 0 Å². The zero-order valence-electron chi connectivity index (χ0n) is 11.1. The van der Waals surface area contributed by atoms with Crippen molar-refractivity contribution in [3.05, 3.63) is 63.1 Å². The van der Waals surface area contributed by atoms with Crippen molar-refractivity contribution in [2.45, 2.75) is 0 Å². The maximum atomic E-state index is 11.8. The molecule has 2 aromatic rings. The van der Waals surface area contributed by atoms with Gasteiger partial charge in [-0.3, -0.25) is 4.79 Å². The minimum atomic E-state index is -0.621. The summed E-state index contributed by atoms with van der Waals surface area (Å²) in [7, 11) is 0. The lowest BCUT2D eigenvalue weighted by atomic mass is 10.2. The van der Waals surface area contributed by atoms with E-state index >= 15 is 0 Å². The number of halogens is 3. The zero-order valence-corrected chi connectivity index (χ0v) is 13.4. The normalized spacial score (nSPS) is 10.1. The van der Waals surface area contributed by atoms with Crippen LogP contribution in [0, 0.1) is 0 Å². The standard InChI is InChI=1S/C15H10Cl3NO3/c16-10-3-1-9(2-4-10)15(21)22-8-14(20)19-13-7-11(17)5-6-12(13)18/h1-7H,8H2,(H,19,20). The summed E-state index contributed by atoms with van der Waals surface area (Å²) >= 11 is 17.5. The molecule has 7 heteroatoms. The molecule has 0 saturated heterocycles. The molecule has 114 valence electrons. The molecule has 0 unspecified atom stereocenters. The average molecular weight is 359 g/mol. The van der Waals surface area contributed by atoms with E-state index in [-0.39, 0.29) is 0 Å². The van der Waals surface area contributed by atoms with Gasteiger partial charge >= 0.3 is 5.97 Å². The van der Waals surface area contributed by atoms with Gasteiger partial charge < -0.3 is 10.1 Å². The minimum absolute atomic E-state index is 0.304. The van der Waals surface area contributed by atoms with Gasteiger partial charge in [-0.15, -0.1) is 0 Å². The van der Waals surface area contributed by atoms with Crippen molar-refractivity contribution in [1.82, 2.24) is 0 Å². The number of hydrogen-bond acceptors (Lipinski definition) is 3. The van der Waals surface area contributed by atoms with Crippen LogP contribution in [-0.4, -0.2) is 18.5 Å². The lowest BCUT2D eigenvalue weighted by Crippen LogP contribution is -2.21. The Morgan fingerprint density at radius 1 is 0.955 bits per heavy atom. The molecule has 2 rings (SSSR count). The summed E-state index contributed by atoms with van der Waals surface area (Å²) in [5, 5.41) is 3.78. The average Bonchev–Trinajstić information content (AvgIpc) is 2.49. The molecule has 1 N–H and O–H groups in total. The predicted octanol–water partition coefficient (Wildman–Crippen LogP) is 4.44. The van der Waals surface area contributed by atoms with Crippen LogP contribution in [0.15, 0.2) is 42.5 Å². The lowest BCUT2D eigenvalue weighted by Gasteiger charge is -2.08. The third kappa shape index (κ3) is 4.63. The third-order valence-corrected chi connectivity index (χ3v) is 3.43. The summed E-state index contributed by atoms with van der Waals surface area (Å²) in [4.78, 5) is 23.5. The van der Waals surface area contributed by atoms with Crippen molar-refractivity contribution < 1.29 is 14.3 Å². The van der Waals surface area contributed by atoms with Gasteiger partial charge in [0.15, 0.2) is 6.61 Å². The third-order valence-electron chi connectivity index (χ3n) is 2.62. The monoisotopic (exact) mass is 357 g/mol. The first-order chi connectivity index (χ1) is 10.5. The highest BCUT2D eigenvalue weighted by molar-refractivity contribution is 6.35. The number of amides is 1.